The summed E-state index contributed by atoms with van der Waals surface area (Å²) in [6, 6.07) is 15.7. The molecule has 0 saturated heterocycles. The van der Waals surface area contributed by atoms with Crippen LogP contribution in [0.4, 0.5) is 5.69 Å². The van der Waals surface area contributed by atoms with Crippen molar-refractivity contribution in [2.24, 2.45) is 0 Å². The van der Waals surface area contributed by atoms with Gasteiger partial charge in [-0.15, -0.1) is 0 Å². The molecule has 1 N–H and O–H groups in total. The highest BCUT2D eigenvalue weighted by Crippen LogP contribution is 2.40. The van der Waals surface area contributed by atoms with Crippen molar-refractivity contribution in [2.75, 3.05) is 12.4 Å². The van der Waals surface area contributed by atoms with Gasteiger partial charge in [0.05, 0.1) is 11.1 Å². The Morgan fingerprint density at radius 3 is 2.27 bits per heavy atom. The zero-order chi connectivity index (χ0) is 18.3. The molecule has 0 aliphatic carbocycles. The van der Waals surface area contributed by atoms with Crippen molar-refractivity contribution in [3.05, 3.63) is 70.7 Å². The molecule has 130 valence electrons. The molecule has 6 heteroatoms. The van der Waals surface area contributed by atoms with Crippen LogP contribution >= 0.6 is 23.2 Å². The monoisotopic (exact) mass is 382 g/mol. The van der Waals surface area contributed by atoms with E-state index in [9.17, 15) is 0 Å². The van der Waals surface area contributed by atoms with Crippen molar-refractivity contribution < 1.29 is 0 Å². The fourth-order valence-corrected chi connectivity index (χ4v) is 3.63. The maximum atomic E-state index is 6.85. The predicted octanol–water partition coefficient (Wildman–Crippen LogP) is 5.74. The summed E-state index contributed by atoms with van der Waals surface area (Å²) in [5.41, 5.74) is 5.53. The standard InChI is InChI=1S/C20H16Cl2N4/c1-12-17-18(13-3-5-14(21)6-4-13)19(22)26(20(17)25-11-24-12)16-9-7-15(23-2)8-10-16/h3-11,23H,1-2H3. The van der Waals surface area contributed by atoms with Crippen LogP contribution in [0.2, 0.25) is 10.2 Å². The van der Waals surface area contributed by atoms with Crippen LogP contribution in [0.25, 0.3) is 27.8 Å². The van der Waals surface area contributed by atoms with Gasteiger partial charge in [0.2, 0.25) is 0 Å². The SMILES string of the molecule is CNc1ccc(-n2c(Cl)c(-c3ccc(Cl)cc3)c3c(C)ncnc32)cc1. The number of hydrogen-bond donors (Lipinski definition) is 1. The molecule has 4 aromatic rings. The zero-order valence-electron chi connectivity index (χ0n) is 14.3. The van der Waals surface area contributed by atoms with Gasteiger partial charge in [0, 0.05) is 29.0 Å². The highest BCUT2D eigenvalue weighted by molar-refractivity contribution is 6.35. The van der Waals surface area contributed by atoms with Gasteiger partial charge in [0.1, 0.15) is 17.1 Å². The van der Waals surface area contributed by atoms with E-state index in [1.807, 2.05) is 67.1 Å². The summed E-state index contributed by atoms with van der Waals surface area (Å²) in [6.45, 7) is 1.97. The molecule has 2 aromatic heterocycles. The highest BCUT2D eigenvalue weighted by atomic mass is 35.5. The van der Waals surface area contributed by atoms with Gasteiger partial charge in [-0.05, 0) is 48.9 Å². The van der Waals surface area contributed by atoms with Crippen LogP contribution in [0.15, 0.2) is 54.9 Å². The Morgan fingerprint density at radius 2 is 1.62 bits per heavy atom. The first-order valence-corrected chi connectivity index (χ1v) is 8.91. The van der Waals surface area contributed by atoms with E-state index in [1.165, 1.54) is 0 Å². The molecule has 0 bridgehead atoms. The van der Waals surface area contributed by atoms with Crippen LogP contribution in [-0.4, -0.2) is 21.6 Å². The Morgan fingerprint density at radius 1 is 0.923 bits per heavy atom. The van der Waals surface area contributed by atoms with Crippen LogP contribution in [0.3, 0.4) is 0 Å². The molecule has 0 fully saturated rings. The average molecular weight is 383 g/mol. The van der Waals surface area contributed by atoms with E-state index in [0.29, 0.717) is 10.2 Å². The largest absolute Gasteiger partial charge is 0.388 e. The van der Waals surface area contributed by atoms with Gasteiger partial charge in [0.15, 0.2) is 0 Å². The Labute approximate surface area is 161 Å². The molecular weight excluding hydrogens is 367 g/mol. The summed E-state index contributed by atoms with van der Waals surface area (Å²) >= 11 is 12.9. The Balaban J connectivity index is 2.04. The Hall–Kier alpha value is -2.56. The van der Waals surface area contributed by atoms with E-state index in [1.54, 1.807) is 6.33 Å². The van der Waals surface area contributed by atoms with Crippen molar-refractivity contribution >= 4 is 39.9 Å². The lowest BCUT2D eigenvalue weighted by Crippen LogP contribution is -1.97. The van der Waals surface area contributed by atoms with Crippen molar-refractivity contribution in [1.29, 1.82) is 0 Å². The molecular formula is C20H16Cl2N4. The molecule has 0 radical (unpaired) electrons. The molecule has 2 heterocycles. The number of fused-ring (bicyclic) bond motifs is 1. The van der Waals surface area contributed by atoms with Gasteiger partial charge in [-0.3, -0.25) is 4.57 Å². The number of aromatic nitrogens is 3. The first-order valence-electron chi connectivity index (χ1n) is 8.16. The van der Waals surface area contributed by atoms with Gasteiger partial charge in [0.25, 0.3) is 0 Å². The van der Waals surface area contributed by atoms with Gasteiger partial charge in [-0.25, -0.2) is 9.97 Å². The Bertz CT molecular complexity index is 1080. The number of rotatable bonds is 3. The first kappa shape index (κ1) is 16.9. The van der Waals surface area contributed by atoms with Crippen molar-refractivity contribution in [3.8, 4) is 16.8 Å². The third-order valence-electron chi connectivity index (χ3n) is 4.43. The lowest BCUT2D eigenvalue weighted by Gasteiger charge is -2.08. The minimum absolute atomic E-state index is 0.600. The number of benzene rings is 2. The summed E-state index contributed by atoms with van der Waals surface area (Å²) < 4.78 is 1.95. The quantitative estimate of drug-likeness (QED) is 0.490. The second-order valence-corrected chi connectivity index (χ2v) is 6.76. The number of aryl methyl sites for hydroxylation is 1. The molecule has 4 rings (SSSR count). The number of nitrogens with one attached hydrogen (secondary N) is 1. The third-order valence-corrected chi connectivity index (χ3v) is 5.04. The highest BCUT2D eigenvalue weighted by Gasteiger charge is 2.21. The number of halogens is 2. The van der Waals surface area contributed by atoms with Gasteiger partial charge in [-0.2, -0.15) is 0 Å². The maximum absolute atomic E-state index is 6.85. The minimum atomic E-state index is 0.600. The Kier molecular flexibility index (Phi) is 4.31. The molecule has 0 amide bonds. The predicted molar refractivity (Wildman–Crippen MR) is 109 cm³/mol. The molecule has 0 atom stereocenters. The van der Waals surface area contributed by atoms with Crippen molar-refractivity contribution in [1.82, 2.24) is 14.5 Å². The second-order valence-electron chi connectivity index (χ2n) is 5.96. The van der Waals surface area contributed by atoms with E-state index < -0.39 is 0 Å². The summed E-state index contributed by atoms with van der Waals surface area (Å²) in [5.74, 6) is 0. The van der Waals surface area contributed by atoms with Gasteiger partial charge >= 0.3 is 0 Å². The first-order chi connectivity index (χ1) is 12.6. The fraction of sp³-hybridized carbons (Fsp3) is 0.100. The molecule has 4 nitrogen and oxygen atoms in total. The number of hydrogen-bond acceptors (Lipinski definition) is 3. The number of nitrogens with zero attached hydrogens (tertiary/aromatic N) is 3. The van der Waals surface area contributed by atoms with Crippen LogP contribution in [0.1, 0.15) is 5.69 Å². The average Bonchev–Trinajstić information content (AvgIpc) is 2.96. The van der Waals surface area contributed by atoms with Gasteiger partial charge in [-0.1, -0.05) is 35.3 Å². The second kappa shape index (κ2) is 6.63. The molecule has 2 aromatic carbocycles. The minimum Gasteiger partial charge on any atom is -0.388 e. The van der Waals surface area contributed by atoms with E-state index in [-0.39, 0.29) is 0 Å². The molecule has 0 aliphatic rings. The van der Waals surface area contributed by atoms with E-state index in [2.05, 4.69) is 15.3 Å². The number of anilines is 1. The zero-order valence-corrected chi connectivity index (χ0v) is 15.8. The lowest BCUT2D eigenvalue weighted by atomic mass is 10.1. The normalized spacial score (nSPS) is 11.1. The molecule has 0 saturated carbocycles. The summed E-state index contributed by atoms with van der Waals surface area (Å²) in [7, 11) is 1.89. The topological polar surface area (TPSA) is 42.7 Å². The summed E-state index contributed by atoms with van der Waals surface area (Å²) in [4.78, 5) is 8.88. The molecule has 0 spiro atoms. The summed E-state index contributed by atoms with van der Waals surface area (Å²) in [6.07, 6.45) is 1.57. The van der Waals surface area contributed by atoms with Crippen LogP contribution < -0.4 is 5.32 Å². The van der Waals surface area contributed by atoms with Crippen LogP contribution in [-0.2, 0) is 0 Å². The van der Waals surface area contributed by atoms with Crippen molar-refractivity contribution in [3.63, 3.8) is 0 Å². The fourth-order valence-electron chi connectivity index (χ4n) is 3.12. The van der Waals surface area contributed by atoms with Crippen molar-refractivity contribution in [2.45, 2.75) is 6.92 Å². The van der Waals surface area contributed by atoms with Crippen LogP contribution in [0.5, 0.6) is 0 Å². The van der Waals surface area contributed by atoms with Gasteiger partial charge < -0.3 is 5.32 Å². The molecule has 26 heavy (non-hydrogen) atoms. The summed E-state index contributed by atoms with van der Waals surface area (Å²) in [5, 5.41) is 5.35. The molecule has 0 unspecified atom stereocenters. The van der Waals surface area contributed by atoms with E-state index >= 15 is 0 Å². The van der Waals surface area contributed by atoms with E-state index in [4.69, 9.17) is 23.2 Å². The van der Waals surface area contributed by atoms with E-state index in [0.717, 1.165) is 39.2 Å². The van der Waals surface area contributed by atoms with Crippen LogP contribution in [0, 0.1) is 6.92 Å². The lowest BCUT2D eigenvalue weighted by molar-refractivity contribution is 1.06. The molecule has 0 aliphatic heterocycles. The third kappa shape index (κ3) is 2.71. The smallest absolute Gasteiger partial charge is 0.149 e. The maximum Gasteiger partial charge on any atom is 0.149 e.